The van der Waals surface area contributed by atoms with Crippen LogP contribution in [0, 0.1) is 11.3 Å². The lowest BCUT2D eigenvalue weighted by molar-refractivity contribution is 0.375. The van der Waals surface area contributed by atoms with Gasteiger partial charge in [0.1, 0.15) is 11.5 Å². The van der Waals surface area contributed by atoms with Crippen molar-refractivity contribution in [3.63, 3.8) is 0 Å². The van der Waals surface area contributed by atoms with Crippen LogP contribution in [0.3, 0.4) is 0 Å². The number of fused-ring (bicyclic) bond motifs is 2. The van der Waals surface area contributed by atoms with Gasteiger partial charge in [-0.1, -0.05) is 135 Å². The molecule has 8 aromatic rings. The van der Waals surface area contributed by atoms with Crippen LogP contribution in [-0.2, 0) is 5.41 Å². The summed E-state index contributed by atoms with van der Waals surface area (Å²) >= 11 is 0. The van der Waals surface area contributed by atoms with E-state index in [-0.39, 0.29) is 5.41 Å². The maximum Gasteiger partial charge on any atom is 0.164 e. The number of rotatable bonds is 8. The van der Waals surface area contributed by atoms with Crippen molar-refractivity contribution in [2.45, 2.75) is 32.1 Å². The second-order valence-electron chi connectivity index (χ2n) is 14.2. The Morgan fingerprint density at radius 3 is 1.38 bits per heavy atom. The quantitative estimate of drug-likeness (QED) is 0.156. The number of aromatic nitrogens is 3. The van der Waals surface area contributed by atoms with E-state index in [2.05, 4.69) is 135 Å². The number of nitrogens with zero attached hydrogens (tertiary/aromatic N) is 4. The molecule has 5 heteroatoms. The zero-order valence-corrected chi connectivity index (χ0v) is 31.3. The van der Waals surface area contributed by atoms with Gasteiger partial charge in [-0.25, -0.2) is 15.0 Å². The molecule has 268 valence electrons. The molecule has 1 aliphatic rings. The van der Waals surface area contributed by atoms with Gasteiger partial charge in [0, 0.05) is 33.2 Å². The van der Waals surface area contributed by atoms with Crippen LogP contribution in [0.15, 0.2) is 170 Å². The number of ether oxygens (including phenoxy) is 1. The van der Waals surface area contributed by atoms with E-state index < -0.39 is 0 Å². The summed E-state index contributed by atoms with van der Waals surface area (Å²) < 4.78 is 6.45. The summed E-state index contributed by atoms with van der Waals surface area (Å²) in [7, 11) is 0. The average Bonchev–Trinajstić information content (AvgIpc) is 3.28. The molecule has 1 aliphatic heterocycles. The van der Waals surface area contributed by atoms with Crippen LogP contribution in [0.1, 0.15) is 43.4 Å². The summed E-state index contributed by atoms with van der Waals surface area (Å²) in [5, 5.41) is 9.71. The third kappa shape index (κ3) is 6.32. The van der Waals surface area contributed by atoms with E-state index in [0.717, 1.165) is 85.5 Å². The summed E-state index contributed by atoms with van der Waals surface area (Å²) in [5.41, 5.74) is 12.0. The van der Waals surface area contributed by atoms with E-state index in [4.69, 9.17) is 19.7 Å². The van der Waals surface area contributed by atoms with E-state index in [0.29, 0.717) is 23.0 Å². The van der Waals surface area contributed by atoms with Gasteiger partial charge in [-0.05, 0) is 94.8 Å². The lowest BCUT2D eigenvalue weighted by Gasteiger charge is -2.39. The number of benzene rings is 7. The summed E-state index contributed by atoms with van der Waals surface area (Å²) in [6.45, 7) is 4.45. The zero-order valence-electron chi connectivity index (χ0n) is 31.3. The molecule has 0 saturated carbocycles. The number of hydrogen-bond donors (Lipinski definition) is 0. The Morgan fingerprint density at radius 2 is 0.839 bits per heavy atom. The highest BCUT2D eigenvalue weighted by molar-refractivity contribution is 5.78. The van der Waals surface area contributed by atoms with Crippen molar-refractivity contribution < 1.29 is 4.74 Å². The largest absolute Gasteiger partial charge is 0.457 e. The van der Waals surface area contributed by atoms with E-state index in [1.54, 1.807) is 0 Å². The highest BCUT2D eigenvalue weighted by atomic mass is 16.5. The first kappa shape index (κ1) is 34.6. The molecule has 0 spiro atoms. The van der Waals surface area contributed by atoms with E-state index in [1.807, 2.05) is 54.6 Å². The van der Waals surface area contributed by atoms with Crippen LogP contribution < -0.4 is 4.74 Å². The molecule has 1 aromatic heterocycles. The maximum atomic E-state index is 9.71. The highest BCUT2D eigenvalue weighted by Gasteiger charge is 2.40. The fraction of sp³-hybridized carbons (Fsp3) is 0.0980. The Kier molecular flexibility index (Phi) is 9.01. The molecule has 5 nitrogen and oxygen atoms in total. The predicted molar refractivity (Wildman–Crippen MR) is 225 cm³/mol. The van der Waals surface area contributed by atoms with Gasteiger partial charge < -0.3 is 4.74 Å². The monoisotopic (exact) mass is 722 g/mol. The maximum absolute atomic E-state index is 9.71. The van der Waals surface area contributed by atoms with Crippen molar-refractivity contribution in [3.8, 4) is 85.1 Å². The molecule has 0 saturated heterocycles. The van der Waals surface area contributed by atoms with E-state index >= 15 is 0 Å². The molecule has 0 N–H and O–H groups in total. The van der Waals surface area contributed by atoms with Crippen LogP contribution in [0.25, 0.3) is 67.5 Å². The molecule has 0 unspecified atom stereocenters. The minimum Gasteiger partial charge on any atom is -0.457 e. The van der Waals surface area contributed by atoms with Crippen LogP contribution in [0.5, 0.6) is 11.5 Å². The molecule has 56 heavy (non-hydrogen) atoms. The van der Waals surface area contributed by atoms with Gasteiger partial charge in [0.2, 0.25) is 0 Å². The van der Waals surface area contributed by atoms with Crippen LogP contribution in [-0.4, -0.2) is 15.0 Å². The fourth-order valence-corrected chi connectivity index (χ4v) is 8.05. The highest BCUT2D eigenvalue weighted by Crippen LogP contribution is 2.53. The summed E-state index contributed by atoms with van der Waals surface area (Å²) in [6, 6.07) is 60.5. The first-order chi connectivity index (χ1) is 27.5. The lowest BCUT2D eigenvalue weighted by Crippen LogP contribution is -2.30. The van der Waals surface area contributed by atoms with Gasteiger partial charge >= 0.3 is 0 Å². The molecule has 9 rings (SSSR count). The average molecular weight is 723 g/mol. The Balaban J connectivity index is 1.10. The molecule has 0 amide bonds. The first-order valence-corrected chi connectivity index (χ1v) is 19.1. The summed E-state index contributed by atoms with van der Waals surface area (Å²) in [4.78, 5) is 15.1. The fourth-order valence-electron chi connectivity index (χ4n) is 8.05. The van der Waals surface area contributed by atoms with Crippen molar-refractivity contribution in [2.75, 3.05) is 0 Å². The molecule has 0 fully saturated rings. The molecule has 0 radical (unpaired) electrons. The van der Waals surface area contributed by atoms with Gasteiger partial charge in [-0.15, -0.1) is 0 Å². The lowest BCUT2D eigenvalue weighted by atomic mass is 9.68. The van der Waals surface area contributed by atoms with Gasteiger partial charge in [0.15, 0.2) is 17.5 Å². The summed E-state index contributed by atoms with van der Waals surface area (Å²) in [6.07, 6.45) is 1.78. The smallest absolute Gasteiger partial charge is 0.164 e. The Morgan fingerprint density at radius 1 is 0.429 bits per heavy atom. The van der Waals surface area contributed by atoms with Gasteiger partial charge in [0.25, 0.3) is 0 Å². The van der Waals surface area contributed by atoms with Crippen molar-refractivity contribution in [2.24, 2.45) is 0 Å². The van der Waals surface area contributed by atoms with Crippen LogP contribution >= 0.6 is 0 Å². The topological polar surface area (TPSA) is 71.7 Å². The SMILES string of the molecule is CCC1(CC)c2cc(C#N)ccc2Oc2ccc(-c3cccc(-c4cccc(-c5nc(-c6ccccc6)nc(-c6cccc(-c7ccccc7)c6)n5)c4)c3)cc21. The third-order valence-electron chi connectivity index (χ3n) is 11.1. The zero-order chi connectivity index (χ0) is 38.1. The summed E-state index contributed by atoms with van der Waals surface area (Å²) in [5.74, 6) is 3.56. The van der Waals surface area contributed by atoms with Crippen LogP contribution in [0.2, 0.25) is 0 Å². The van der Waals surface area contributed by atoms with Crippen molar-refractivity contribution >= 4 is 0 Å². The van der Waals surface area contributed by atoms with Crippen LogP contribution in [0.4, 0.5) is 0 Å². The molecule has 7 aromatic carbocycles. The van der Waals surface area contributed by atoms with Crippen molar-refractivity contribution in [1.82, 2.24) is 15.0 Å². The second kappa shape index (κ2) is 14.6. The predicted octanol–water partition coefficient (Wildman–Crippen LogP) is 13.0. The third-order valence-corrected chi connectivity index (χ3v) is 11.1. The Labute approximate surface area is 327 Å². The van der Waals surface area contributed by atoms with E-state index in [1.165, 1.54) is 0 Å². The Bertz CT molecular complexity index is 2770. The van der Waals surface area contributed by atoms with Crippen molar-refractivity contribution in [3.05, 3.63) is 187 Å². The molecule has 2 heterocycles. The number of nitriles is 1. The first-order valence-electron chi connectivity index (χ1n) is 19.1. The number of hydrogen-bond acceptors (Lipinski definition) is 5. The minimum atomic E-state index is -0.261. The normalized spacial score (nSPS) is 12.5. The minimum absolute atomic E-state index is 0.261. The molecular formula is C51H38N4O. The molecule has 0 atom stereocenters. The molecule has 0 bridgehead atoms. The molecule has 0 aliphatic carbocycles. The van der Waals surface area contributed by atoms with Crippen molar-refractivity contribution in [1.29, 1.82) is 5.26 Å². The van der Waals surface area contributed by atoms with E-state index in [9.17, 15) is 5.26 Å². The second-order valence-corrected chi connectivity index (χ2v) is 14.2. The Hall–Kier alpha value is -7.16. The van der Waals surface area contributed by atoms with Gasteiger partial charge in [-0.2, -0.15) is 5.26 Å². The molecular weight excluding hydrogens is 685 g/mol. The van der Waals surface area contributed by atoms with Gasteiger partial charge in [-0.3, -0.25) is 0 Å². The standard InChI is InChI=1S/C51H38N4O/c1-3-51(4-2)44-28-34(33-52)24-26-46(44)56-47-27-25-41(32-45(47)51)39-20-11-19-38(29-39)40-21-13-23-43(31-40)50-54-48(36-16-9-6-10-17-36)53-49(55-50)42-22-12-18-37(30-42)35-14-7-5-8-15-35/h5-32H,3-4H2,1-2H3. The van der Waals surface area contributed by atoms with Gasteiger partial charge in [0.05, 0.1) is 11.6 Å².